The van der Waals surface area contributed by atoms with Gasteiger partial charge in [0.05, 0.1) is 17.6 Å². The Kier molecular flexibility index (Phi) is 6.39. The van der Waals surface area contributed by atoms with Crippen molar-refractivity contribution in [3.05, 3.63) is 30.4 Å². The van der Waals surface area contributed by atoms with Gasteiger partial charge in [0.1, 0.15) is 5.75 Å². The van der Waals surface area contributed by atoms with Crippen molar-refractivity contribution in [2.24, 2.45) is 5.92 Å². The van der Waals surface area contributed by atoms with Gasteiger partial charge in [0.2, 0.25) is 5.95 Å². The van der Waals surface area contributed by atoms with E-state index in [1.165, 1.54) is 5.57 Å². The standard InChI is InChI=1S/C21H33N5O/c1-16(2)13-25(5)9-6-10-27-18-7-8-19-20(11-18)26-15-17(14-24(3)4)12-22-21(26)23-19/h7-8,11,17H,1,6,9-10,12-15H2,2-5H3,(H,22,23). The van der Waals surface area contributed by atoms with E-state index in [9.17, 15) is 0 Å². The molecule has 0 saturated heterocycles. The van der Waals surface area contributed by atoms with Crippen molar-refractivity contribution in [1.29, 1.82) is 0 Å². The molecule has 0 saturated carbocycles. The topological polar surface area (TPSA) is 45.6 Å². The molecule has 27 heavy (non-hydrogen) atoms. The summed E-state index contributed by atoms with van der Waals surface area (Å²) in [4.78, 5) is 9.25. The number of hydrogen-bond acceptors (Lipinski definition) is 5. The van der Waals surface area contributed by atoms with Crippen LogP contribution in [0.5, 0.6) is 5.75 Å². The number of nitrogens with zero attached hydrogens (tertiary/aromatic N) is 4. The summed E-state index contributed by atoms with van der Waals surface area (Å²) in [5.41, 5.74) is 3.37. The first-order valence-electron chi connectivity index (χ1n) is 9.77. The first-order valence-corrected chi connectivity index (χ1v) is 9.77. The fraction of sp³-hybridized carbons (Fsp3) is 0.571. The van der Waals surface area contributed by atoms with Crippen LogP contribution >= 0.6 is 0 Å². The normalized spacial score (nSPS) is 16.6. The van der Waals surface area contributed by atoms with Crippen LogP contribution in [0.1, 0.15) is 13.3 Å². The fourth-order valence-corrected chi connectivity index (χ4v) is 3.77. The average Bonchev–Trinajstić information content (AvgIpc) is 2.95. The van der Waals surface area contributed by atoms with Crippen molar-refractivity contribution in [1.82, 2.24) is 19.4 Å². The minimum Gasteiger partial charge on any atom is -0.493 e. The van der Waals surface area contributed by atoms with Crippen LogP contribution in [0.2, 0.25) is 0 Å². The van der Waals surface area contributed by atoms with Crippen molar-refractivity contribution in [3.63, 3.8) is 0 Å². The van der Waals surface area contributed by atoms with Gasteiger partial charge in [-0.3, -0.25) is 0 Å². The fourth-order valence-electron chi connectivity index (χ4n) is 3.77. The summed E-state index contributed by atoms with van der Waals surface area (Å²) in [6.45, 7) is 11.7. The van der Waals surface area contributed by atoms with Crippen LogP contribution < -0.4 is 10.1 Å². The van der Waals surface area contributed by atoms with Gasteiger partial charge in [0.25, 0.3) is 0 Å². The lowest BCUT2D eigenvalue weighted by atomic mass is 10.1. The molecule has 6 nitrogen and oxygen atoms in total. The molecular weight excluding hydrogens is 338 g/mol. The molecule has 6 heteroatoms. The third-order valence-electron chi connectivity index (χ3n) is 4.83. The summed E-state index contributed by atoms with van der Waals surface area (Å²) in [7, 11) is 6.37. The van der Waals surface area contributed by atoms with Crippen molar-refractivity contribution in [2.45, 2.75) is 19.9 Å². The van der Waals surface area contributed by atoms with Crippen LogP contribution in [-0.2, 0) is 6.54 Å². The number of fused-ring (bicyclic) bond motifs is 3. The summed E-state index contributed by atoms with van der Waals surface area (Å²) in [5.74, 6) is 2.47. The van der Waals surface area contributed by atoms with Gasteiger partial charge in [-0.1, -0.05) is 12.2 Å². The summed E-state index contributed by atoms with van der Waals surface area (Å²) in [5, 5.41) is 3.48. The van der Waals surface area contributed by atoms with Gasteiger partial charge in [-0.05, 0) is 46.6 Å². The van der Waals surface area contributed by atoms with E-state index in [1.54, 1.807) is 0 Å². The quantitative estimate of drug-likeness (QED) is 0.542. The Morgan fingerprint density at radius 2 is 2.19 bits per heavy atom. The molecule has 1 aliphatic rings. The van der Waals surface area contributed by atoms with Crippen LogP contribution in [0.3, 0.4) is 0 Å². The number of ether oxygens (including phenoxy) is 1. The lowest BCUT2D eigenvalue weighted by Crippen LogP contribution is -2.34. The molecule has 2 aromatic rings. The Hall–Kier alpha value is -2.05. The summed E-state index contributed by atoms with van der Waals surface area (Å²) >= 11 is 0. The van der Waals surface area contributed by atoms with Gasteiger partial charge in [-0.2, -0.15) is 0 Å². The predicted molar refractivity (Wildman–Crippen MR) is 113 cm³/mol. The molecule has 1 aromatic heterocycles. The van der Waals surface area contributed by atoms with Crippen molar-refractivity contribution < 1.29 is 4.74 Å². The van der Waals surface area contributed by atoms with E-state index >= 15 is 0 Å². The number of aromatic nitrogens is 2. The van der Waals surface area contributed by atoms with Crippen molar-refractivity contribution in [2.75, 3.05) is 59.2 Å². The molecule has 0 radical (unpaired) electrons. The van der Waals surface area contributed by atoms with Crippen LogP contribution in [-0.4, -0.2) is 73.3 Å². The molecule has 1 aliphatic heterocycles. The molecule has 1 N–H and O–H groups in total. The number of rotatable bonds is 9. The molecule has 0 spiro atoms. The van der Waals surface area contributed by atoms with Gasteiger partial charge in [0, 0.05) is 44.7 Å². The summed E-state index contributed by atoms with van der Waals surface area (Å²) in [6.07, 6.45) is 0.999. The lowest BCUT2D eigenvalue weighted by Gasteiger charge is -2.27. The molecule has 0 amide bonds. The second kappa shape index (κ2) is 8.76. The summed E-state index contributed by atoms with van der Waals surface area (Å²) in [6, 6.07) is 6.21. The monoisotopic (exact) mass is 371 g/mol. The smallest absolute Gasteiger partial charge is 0.203 e. The highest BCUT2D eigenvalue weighted by molar-refractivity contribution is 5.80. The van der Waals surface area contributed by atoms with E-state index in [1.807, 2.05) is 6.07 Å². The van der Waals surface area contributed by atoms with E-state index in [0.717, 1.165) is 61.9 Å². The number of hydrogen-bond donors (Lipinski definition) is 1. The molecule has 1 aromatic carbocycles. The molecular formula is C21H33N5O. The Bertz CT molecular complexity index is 782. The third-order valence-corrected chi connectivity index (χ3v) is 4.83. The molecule has 0 bridgehead atoms. The second-order valence-electron chi connectivity index (χ2n) is 8.10. The highest BCUT2D eigenvalue weighted by Gasteiger charge is 2.22. The first-order chi connectivity index (χ1) is 12.9. The van der Waals surface area contributed by atoms with Gasteiger partial charge >= 0.3 is 0 Å². The van der Waals surface area contributed by atoms with E-state index in [0.29, 0.717) is 12.5 Å². The minimum absolute atomic E-state index is 0.582. The number of likely N-dealkylation sites (N-methyl/N-ethyl adjacent to an activating group) is 1. The molecule has 0 fully saturated rings. The number of imidazole rings is 1. The second-order valence-corrected chi connectivity index (χ2v) is 8.10. The summed E-state index contributed by atoms with van der Waals surface area (Å²) < 4.78 is 8.29. The molecule has 0 aliphatic carbocycles. The van der Waals surface area contributed by atoms with E-state index in [-0.39, 0.29) is 0 Å². The first kappa shape index (κ1) is 19.7. The van der Waals surface area contributed by atoms with Crippen LogP contribution in [0.4, 0.5) is 5.95 Å². The number of nitrogens with one attached hydrogen (secondary N) is 1. The Morgan fingerprint density at radius 3 is 2.93 bits per heavy atom. The maximum atomic E-state index is 6.00. The zero-order chi connectivity index (χ0) is 19.4. The Balaban J connectivity index is 1.61. The van der Waals surface area contributed by atoms with E-state index < -0.39 is 0 Å². The molecule has 2 heterocycles. The van der Waals surface area contributed by atoms with Gasteiger partial charge in [-0.25, -0.2) is 4.98 Å². The van der Waals surface area contributed by atoms with Crippen molar-refractivity contribution in [3.8, 4) is 5.75 Å². The maximum Gasteiger partial charge on any atom is 0.203 e. The molecule has 3 rings (SSSR count). The van der Waals surface area contributed by atoms with Crippen LogP contribution in [0, 0.1) is 5.92 Å². The van der Waals surface area contributed by atoms with E-state index in [2.05, 4.69) is 66.5 Å². The van der Waals surface area contributed by atoms with Gasteiger partial charge in [-0.15, -0.1) is 0 Å². The number of anilines is 1. The zero-order valence-corrected chi connectivity index (χ0v) is 17.2. The largest absolute Gasteiger partial charge is 0.493 e. The van der Waals surface area contributed by atoms with Gasteiger partial charge < -0.3 is 24.4 Å². The van der Waals surface area contributed by atoms with E-state index in [4.69, 9.17) is 9.72 Å². The molecule has 1 atom stereocenters. The Morgan fingerprint density at radius 1 is 1.37 bits per heavy atom. The minimum atomic E-state index is 0.582. The Labute approximate surface area is 162 Å². The number of benzene rings is 1. The molecule has 1 unspecified atom stereocenters. The van der Waals surface area contributed by atoms with Crippen LogP contribution in [0.25, 0.3) is 11.0 Å². The average molecular weight is 372 g/mol. The van der Waals surface area contributed by atoms with Gasteiger partial charge in [0.15, 0.2) is 0 Å². The SMILES string of the molecule is C=C(C)CN(C)CCCOc1ccc2nc3n(c2c1)CC(CN(C)C)CN3. The lowest BCUT2D eigenvalue weighted by molar-refractivity contribution is 0.271. The molecule has 148 valence electrons. The third kappa shape index (κ3) is 5.23. The van der Waals surface area contributed by atoms with Crippen molar-refractivity contribution >= 4 is 17.0 Å². The predicted octanol–water partition coefficient (Wildman–Crippen LogP) is 2.92. The highest BCUT2D eigenvalue weighted by atomic mass is 16.5. The van der Waals surface area contributed by atoms with Crippen LogP contribution in [0.15, 0.2) is 30.4 Å². The zero-order valence-electron chi connectivity index (χ0n) is 17.2. The maximum absolute atomic E-state index is 6.00. The highest BCUT2D eigenvalue weighted by Crippen LogP contribution is 2.28.